The Balaban J connectivity index is 1.58. The zero-order chi connectivity index (χ0) is 14.7. The van der Waals surface area contributed by atoms with E-state index in [0.29, 0.717) is 19.1 Å². The number of methoxy groups -OCH3 is 1. The smallest absolute Gasteiger partial charge is 0.129 e. The normalized spacial score (nSPS) is 21.0. The Morgan fingerprint density at radius 2 is 2.24 bits per heavy atom. The van der Waals surface area contributed by atoms with Crippen LogP contribution in [0.4, 0.5) is 5.82 Å². The van der Waals surface area contributed by atoms with Gasteiger partial charge in [-0.3, -0.25) is 5.10 Å². The summed E-state index contributed by atoms with van der Waals surface area (Å²) in [5.41, 5.74) is 2.84. The van der Waals surface area contributed by atoms with E-state index >= 15 is 0 Å². The Kier molecular flexibility index (Phi) is 4.12. The van der Waals surface area contributed by atoms with Crippen molar-refractivity contribution >= 4 is 5.82 Å². The number of aliphatic hydroxyl groups is 1. The van der Waals surface area contributed by atoms with Gasteiger partial charge < -0.3 is 15.2 Å². The molecule has 112 valence electrons. The van der Waals surface area contributed by atoms with Crippen molar-refractivity contribution in [3.05, 3.63) is 35.5 Å². The lowest BCUT2D eigenvalue weighted by molar-refractivity contribution is 0.0732. The van der Waals surface area contributed by atoms with E-state index in [2.05, 4.69) is 25.5 Å². The van der Waals surface area contributed by atoms with Gasteiger partial charge in [-0.05, 0) is 18.9 Å². The first kappa shape index (κ1) is 14.0. The lowest BCUT2D eigenvalue weighted by Crippen LogP contribution is -2.27. The molecule has 0 aliphatic heterocycles. The van der Waals surface area contributed by atoms with Crippen molar-refractivity contribution in [2.75, 3.05) is 12.4 Å². The van der Waals surface area contributed by atoms with Crippen molar-refractivity contribution in [2.45, 2.75) is 38.0 Å². The second-order valence-corrected chi connectivity index (χ2v) is 5.32. The van der Waals surface area contributed by atoms with Gasteiger partial charge in [0.05, 0.1) is 30.6 Å². The van der Waals surface area contributed by atoms with Crippen LogP contribution in [-0.4, -0.2) is 38.5 Å². The minimum absolute atomic E-state index is 0.175. The Hall–Kier alpha value is -1.99. The fourth-order valence-corrected chi connectivity index (χ4v) is 2.43. The average molecular weight is 289 g/mol. The first-order valence-corrected chi connectivity index (χ1v) is 7.00. The fraction of sp³-hybridized carbons (Fsp3) is 0.500. The molecule has 3 N–H and O–H groups in total. The van der Waals surface area contributed by atoms with E-state index < -0.39 is 0 Å². The summed E-state index contributed by atoms with van der Waals surface area (Å²) in [6.45, 7) is 1.11. The molecule has 0 aromatic carbocycles. The van der Waals surface area contributed by atoms with Crippen LogP contribution in [0, 0.1) is 0 Å². The van der Waals surface area contributed by atoms with E-state index in [-0.39, 0.29) is 6.10 Å². The van der Waals surface area contributed by atoms with E-state index in [4.69, 9.17) is 4.74 Å². The second kappa shape index (κ2) is 6.19. The molecule has 1 saturated carbocycles. The minimum Gasteiger partial charge on any atom is -0.393 e. The van der Waals surface area contributed by atoms with E-state index in [1.54, 1.807) is 13.4 Å². The highest BCUT2D eigenvalue weighted by Gasteiger charge is 2.29. The number of aliphatic hydroxyl groups excluding tert-OH is 1. The van der Waals surface area contributed by atoms with Crippen LogP contribution in [0.2, 0.25) is 0 Å². The predicted molar refractivity (Wildman–Crippen MR) is 76.6 cm³/mol. The maximum Gasteiger partial charge on any atom is 0.129 e. The third-order valence-corrected chi connectivity index (χ3v) is 3.66. The zero-order valence-corrected chi connectivity index (χ0v) is 11.9. The molecule has 2 aromatic heterocycles. The molecule has 21 heavy (non-hydrogen) atoms. The summed E-state index contributed by atoms with van der Waals surface area (Å²) in [4.78, 5) is 8.49. The summed E-state index contributed by atoms with van der Waals surface area (Å²) in [5.74, 6) is 1.13. The third kappa shape index (κ3) is 3.37. The number of hydrogen-bond donors (Lipinski definition) is 3. The first-order valence-electron chi connectivity index (χ1n) is 7.00. The van der Waals surface area contributed by atoms with E-state index in [9.17, 15) is 5.11 Å². The second-order valence-electron chi connectivity index (χ2n) is 5.32. The maximum atomic E-state index is 9.37. The molecule has 7 heteroatoms. The molecule has 0 amide bonds. The van der Waals surface area contributed by atoms with Crippen LogP contribution in [-0.2, 0) is 17.9 Å². The number of nitrogens with one attached hydrogen (secondary N) is 2. The van der Waals surface area contributed by atoms with Crippen molar-refractivity contribution in [1.82, 2.24) is 20.2 Å². The van der Waals surface area contributed by atoms with E-state index in [1.807, 2.05) is 12.1 Å². The summed E-state index contributed by atoms with van der Waals surface area (Å²) in [6.07, 6.45) is 2.96. The van der Waals surface area contributed by atoms with Crippen molar-refractivity contribution < 1.29 is 9.84 Å². The molecule has 1 aliphatic carbocycles. The van der Waals surface area contributed by atoms with Gasteiger partial charge in [-0.1, -0.05) is 0 Å². The molecule has 0 radical (unpaired) electrons. The van der Waals surface area contributed by atoms with Gasteiger partial charge in [0, 0.05) is 24.8 Å². The monoisotopic (exact) mass is 289 g/mol. The molecule has 0 atom stereocenters. The minimum atomic E-state index is -0.175. The molecule has 1 aliphatic rings. The van der Waals surface area contributed by atoms with Gasteiger partial charge in [-0.15, -0.1) is 0 Å². The molecule has 2 heterocycles. The first-order chi connectivity index (χ1) is 10.2. The van der Waals surface area contributed by atoms with Gasteiger partial charge in [-0.2, -0.15) is 5.10 Å². The highest BCUT2D eigenvalue weighted by Crippen LogP contribution is 2.35. The fourth-order valence-electron chi connectivity index (χ4n) is 2.43. The average Bonchev–Trinajstić information content (AvgIpc) is 2.90. The molecule has 0 spiro atoms. The number of rotatable bonds is 6. The summed E-state index contributed by atoms with van der Waals surface area (Å²) in [6, 6.07) is 3.91. The summed E-state index contributed by atoms with van der Waals surface area (Å²) in [5, 5.41) is 19.7. The van der Waals surface area contributed by atoms with Gasteiger partial charge in [0.15, 0.2) is 0 Å². The van der Waals surface area contributed by atoms with Crippen LogP contribution in [0.5, 0.6) is 0 Å². The van der Waals surface area contributed by atoms with Crippen molar-refractivity contribution in [3.8, 4) is 0 Å². The Bertz CT molecular complexity index is 595. The third-order valence-electron chi connectivity index (χ3n) is 3.66. The lowest BCUT2D eigenvalue weighted by Gasteiger charge is -2.30. The molecule has 0 saturated heterocycles. The Labute approximate surface area is 122 Å². The SMILES string of the molecule is COCc1cc(CNc2cc(C3CC(O)C3)ncn2)[nH]n1. The number of aromatic amines is 1. The Morgan fingerprint density at radius 1 is 1.38 bits per heavy atom. The maximum absolute atomic E-state index is 9.37. The van der Waals surface area contributed by atoms with Crippen molar-refractivity contribution in [2.24, 2.45) is 0 Å². The zero-order valence-electron chi connectivity index (χ0n) is 11.9. The number of ether oxygens (including phenoxy) is 1. The molecule has 7 nitrogen and oxygen atoms in total. The van der Waals surface area contributed by atoms with Crippen LogP contribution < -0.4 is 5.32 Å². The van der Waals surface area contributed by atoms with Gasteiger partial charge in [0.25, 0.3) is 0 Å². The molecule has 0 unspecified atom stereocenters. The number of H-pyrrole nitrogens is 1. The van der Waals surface area contributed by atoms with Crippen LogP contribution in [0.1, 0.15) is 35.8 Å². The molecule has 2 aromatic rings. The summed E-state index contributed by atoms with van der Waals surface area (Å²) in [7, 11) is 1.65. The quantitative estimate of drug-likeness (QED) is 0.739. The number of aromatic nitrogens is 4. The van der Waals surface area contributed by atoms with Crippen LogP contribution in [0.25, 0.3) is 0 Å². The largest absolute Gasteiger partial charge is 0.393 e. The van der Waals surface area contributed by atoms with Crippen molar-refractivity contribution in [1.29, 1.82) is 0 Å². The van der Waals surface area contributed by atoms with Gasteiger partial charge >= 0.3 is 0 Å². The summed E-state index contributed by atoms with van der Waals surface area (Å²) >= 11 is 0. The summed E-state index contributed by atoms with van der Waals surface area (Å²) < 4.78 is 5.03. The number of anilines is 1. The molecular weight excluding hydrogens is 270 g/mol. The lowest BCUT2D eigenvalue weighted by atomic mass is 9.80. The van der Waals surface area contributed by atoms with Crippen LogP contribution in [0.15, 0.2) is 18.5 Å². The van der Waals surface area contributed by atoms with Crippen molar-refractivity contribution in [3.63, 3.8) is 0 Å². The molecule has 1 fully saturated rings. The van der Waals surface area contributed by atoms with Crippen LogP contribution >= 0.6 is 0 Å². The van der Waals surface area contributed by atoms with Gasteiger partial charge in [-0.25, -0.2) is 9.97 Å². The topological polar surface area (TPSA) is 96.0 Å². The van der Waals surface area contributed by atoms with Gasteiger partial charge in [0.1, 0.15) is 12.1 Å². The highest BCUT2D eigenvalue weighted by molar-refractivity contribution is 5.37. The molecule has 0 bridgehead atoms. The van der Waals surface area contributed by atoms with Crippen LogP contribution in [0.3, 0.4) is 0 Å². The standard InChI is InChI=1S/C14H19N5O2/c1-21-7-11-4-10(18-19-11)6-15-14-5-13(16-8-17-14)9-2-12(20)3-9/h4-5,8-9,12,20H,2-3,6-7H2,1H3,(H,18,19)(H,15,16,17). The molecular formula is C14H19N5O2. The Morgan fingerprint density at radius 3 is 3.00 bits per heavy atom. The molecule has 3 rings (SSSR count). The van der Waals surface area contributed by atoms with Gasteiger partial charge in [0.2, 0.25) is 0 Å². The highest BCUT2D eigenvalue weighted by atomic mass is 16.5. The van der Waals surface area contributed by atoms with E-state index in [1.165, 1.54) is 0 Å². The number of nitrogens with zero attached hydrogens (tertiary/aromatic N) is 3. The van der Waals surface area contributed by atoms with E-state index in [0.717, 1.165) is 35.7 Å². The number of hydrogen-bond acceptors (Lipinski definition) is 6. The predicted octanol–water partition coefficient (Wildman–Crippen LogP) is 1.20.